The molecule has 2 N–H and O–H groups in total. The second-order valence-corrected chi connectivity index (χ2v) is 4.84. The number of rotatable bonds is 6. The first-order chi connectivity index (χ1) is 8.29. The average Bonchev–Trinajstić information content (AvgIpc) is 2.76. The Kier molecular flexibility index (Phi) is 4.44. The van der Waals surface area contributed by atoms with Gasteiger partial charge in [-0.15, -0.1) is 11.3 Å². The molecule has 0 aromatic carbocycles. The highest BCUT2D eigenvalue weighted by atomic mass is 32.1. The number of fused-ring (bicyclic) bond motifs is 1. The first-order valence-corrected chi connectivity index (χ1v) is 6.37. The Bertz CT molecular complexity index is 472. The number of hydrogen-bond donors (Lipinski definition) is 2. The van der Waals surface area contributed by atoms with Gasteiger partial charge in [-0.05, 0) is 23.1 Å². The molecule has 1 atom stereocenters. The Balaban J connectivity index is 1.86. The lowest BCUT2D eigenvalue weighted by Gasteiger charge is -2.10. The Morgan fingerprint density at radius 1 is 1.59 bits per heavy atom. The maximum Gasteiger partial charge on any atom is 0.0897 e. The van der Waals surface area contributed by atoms with Crippen LogP contribution in [0.25, 0.3) is 10.2 Å². The van der Waals surface area contributed by atoms with Gasteiger partial charge in [0.25, 0.3) is 0 Å². The Hall–Kier alpha value is -1.01. The zero-order valence-electron chi connectivity index (χ0n) is 9.72. The van der Waals surface area contributed by atoms with Crippen LogP contribution in [0.15, 0.2) is 23.7 Å². The van der Waals surface area contributed by atoms with Crippen molar-refractivity contribution in [1.29, 1.82) is 0 Å². The number of aliphatic hydroxyl groups excluding tert-OH is 1. The topological polar surface area (TPSA) is 54.4 Å². The van der Waals surface area contributed by atoms with Crippen LogP contribution in [-0.2, 0) is 11.3 Å². The van der Waals surface area contributed by atoms with Crippen molar-refractivity contribution in [3.05, 3.63) is 29.3 Å². The first kappa shape index (κ1) is 12.4. The molecular weight excluding hydrogens is 236 g/mol. The van der Waals surface area contributed by atoms with Crippen molar-refractivity contribution in [2.24, 2.45) is 0 Å². The summed E-state index contributed by atoms with van der Waals surface area (Å²) in [5.74, 6) is 0. The molecule has 2 rings (SSSR count). The molecule has 2 aromatic rings. The van der Waals surface area contributed by atoms with Crippen LogP contribution in [0.1, 0.15) is 5.56 Å². The number of nitrogens with one attached hydrogen (secondary N) is 1. The second-order valence-electron chi connectivity index (χ2n) is 3.89. The first-order valence-electron chi connectivity index (χ1n) is 5.49. The van der Waals surface area contributed by atoms with E-state index in [-0.39, 0.29) is 0 Å². The van der Waals surface area contributed by atoms with Gasteiger partial charge in [0.05, 0.1) is 22.9 Å². The Morgan fingerprint density at radius 2 is 2.47 bits per heavy atom. The van der Waals surface area contributed by atoms with Crippen LogP contribution in [0.3, 0.4) is 0 Å². The van der Waals surface area contributed by atoms with E-state index in [0.717, 1.165) is 11.1 Å². The molecule has 1 unspecified atom stereocenters. The lowest BCUT2D eigenvalue weighted by molar-refractivity contribution is 0.0644. The summed E-state index contributed by atoms with van der Waals surface area (Å²) in [5, 5.41) is 14.7. The molecule has 0 radical (unpaired) electrons. The van der Waals surface area contributed by atoms with E-state index in [2.05, 4.69) is 16.4 Å². The smallest absolute Gasteiger partial charge is 0.0897 e. The summed E-state index contributed by atoms with van der Waals surface area (Å²) in [6.45, 7) is 1.59. The Labute approximate surface area is 104 Å². The maximum atomic E-state index is 9.46. The second kappa shape index (κ2) is 6.07. The number of nitrogens with zero attached hydrogens (tertiary/aromatic N) is 1. The van der Waals surface area contributed by atoms with Crippen molar-refractivity contribution in [3.8, 4) is 0 Å². The molecule has 0 saturated carbocycles. The van der Waals surface area contributed by atoms with E-state index in [9.17, 15) is 5.11 Å². The molecule has 17 heavy (non-hydrogen) atoms. The van der Waals surface area contributed by atoms with E-state index in [1.54, 1.807) is 18.4 Å². The number of methoxy groups -OCH3 is 1. The minimum absolute atomic E-state index is 0.356. The van der Waals surface area contributed by atoms with Crippen molar-refractivity contribution >= 4 is 21.6 Å². The molecule has 0 fully saturated rings. The molecule has 0 amide bonds. The number of pyridine rings is 1. The third kappa shape index (κ3) is 3.47. The molecule has 0 bridgehead atoms. The maximum absolute atomic E-state index is 9.46. The molecule has 2 aromatic heterocycles. The highest BCUT2D eigenvalue weighted by Crippen LogP contribution is 2.19. The SMILES string of the molecule is COCC(O)CNCc1cnc2ccsc2c1. The van der Waals surface area contributed by atoms with Crippen molar-refractivity contribution in [3.63, 3.8) is 0 Å². The van der Waals surface area contributed by atoms with E-state index in [4.69, 9.17) is 4.74 Å². The third-order valence-electron chi connectivity index (χ3n) is 2.43. The molecule has 0 saturated heterocycles. The highest BCUT2D eigenvalue weighted by molar-refractivity contribution is 7.17. The Morgan fingerprint density at radius 3 is 3.29 bits per heavy atom. The summed E-state index contributed by atoms with van der Waals surface area (Å²) in [4.78, 5) is 4.36. The number of thiophene rings is 1. The average molecular weight is 252 g/mol. The van der Waals surface area contributed by atoms with Crippen LogP contribution in [0.4, 0.5) is 0 Å². The molecular formula is C12H16N2O2S. The molecule has 0 aliphatic carbocycles. The number of hydrogen-bond acceptors (Lipinski definition) is 5. The van der Waals surface area contributed by atoms with Crippen LogP contribution >= 0.6 is 11.3 Å². The highest BCUT2D eigenvalue weighted by Gasteiger charge is 2.03. The fourth-order valence-corrected chi connectivity index (χ4v) is 2.42. The van der Waals surface area contributed by atoms with Crippen molar-refractivity contribution in [2.45, 2.75) is 12.6 Å². The lowest BCUT2D eigenvalue weighted by atomic mass is 10.2. The minimum Gasteiger partial charge on any atom is -0.389 e. The largest absolute Gasteiger partial charge is 0.389 e. The zero-order chi connectivity index (χ0) is 12.1. The van der Waals surface area contributed by atoms with E-state index in [0.29, 0.717) is 19.7 Å². The van der Waals surface area contributed by atoms with Crippen molar-refractivity contribution in [2.75, 3.05) is 20.3 Å². The van der Waals surface area contributed by atoms with Crippen LogP contribution in [-0.4, -0.2) is 36.5 Å². The van der Waals surface area contributed by atoms with Gasteiger partial charge < -0.3 is 15.2 Å². The predicted molar refractivity (Wildman–Crippen MR) is 69.2 cm³/mol. The number of ether oxygens (including phenoxy) is 1. The molecule has 4 nitrogen and oxygen atoms in total. The summed E-state index contributed by atoms with van der Waals surface area (Å²) in [6.07, 6.45) is 1.41. The van der Waals surface area contributed by atoms with Crippen LogP contribution in [0.5, 0.6) is 0 Å². The minimum atomic E-state index is -0.460. The summed E-state index contributed by atoms with van der Waals surface area (Å²) in [7, 11) is 1.58. The molecule has 5 heteroatoms. The molecule has 0 aliphatic rings. The third-order valence-corrected chi connectivity index (χ3v) is 3.28. The van der Waals surface area contributed by atoms with E-state index in [1.165, 1.54) is 4.70 Å². The van der Waals surface area contributed by atoms with Crippen LogP contribution in [0.2, 0.25) is 0 Å². The lowest BCUT2D eigenvalue weighted by Crippen LogP contribution is -2.29. The van der Waals surface area contributed by atoms with Gasteiger partial charge >= 0.3 is 0 Å². The van der Waals surface area contributed by atoms with E-state index < -0.39 is 6.10 Å². The fraction of sp³-hybridized carbons (Fsp3) is 0.417. The summed E-state index contributed by atoms with van der Waals surface area (Å²) in [5.41, 5.74) is 2.17. The normalized spacial score (nSPS) is 13.1. The van der Waals surface area contributed by atoms with Gasteiger partial charge in [0, 0.05) is 26.4 Å². The zero-order valence-corrected chi connectivity index (χ0v) is 10.5. The molecule has 2 heterocycles. The van der Waals surface area contributed by atoms with Crippen molar-refractivity contribution < 1.29 is 9.84 Å². The number of aromatic nitrogens is 1. The summed E-state index contributed by atoms with van der Waals surface area (Å²) in [6, 6.07) is 4.14. The summed E-state index contributed by atoms with van der Waals surface area (Å²) < 4.78 is 6.05. The van der Waals surface area contributed by atoms with Gasteiger partial charge in [-0.1, -0.05) is 0 Å². The molecule has 0 spiro atoms. The molecule has 0 aliphatic heterocycles. The van der Waals surface area contributed by atoms with Crippen molar-refractivity contribution in [1.82, 2.24) is 10.3 Å². The predicted octanol–water partition coefficient (Wildman–Crippen LogP) is 1.39. The van der Waals surface area contributed by atoms with E-state index >= 15 is 0 Å². The van der Waals surface area contributed by atoms with Gasteiger partial charge in [0.2, 0.25) is 0 Å². The number of aliphatic hydroxyl groups is 1. The quantitative estimate of drug-likeness (QED) is 0.816. The van der Waals surface area contributed by atoms with Gasteiger partial charge in [0.1, 0.15) is 0 Å². The van der Waals surface area contributed by atoms with Gasteiger partial charge in [-0.2, -0.15) is 0 Å². The van der Waals surface area contributed by atoms with Gasteiger partial charge in [-0.3, -0.25) is 4.98 Å². The van der Waals surface area contributed by atoms with Gasteiger partial charge in [0.15, 0.2) is 0 Å². The fourth-order valence-electron chi connectivity index (χ4n) is 1.62. The monoisotopic (exact) mass is 252 g/mol. The summed E-state index contributed by atoms with van der Waals surface area (Å²) >= 11 is 1.69. The van der Waals surface area contributed by atoms with E-state index in [1.807, 2.05) is 17.6 Å². The molecule has 92 valence electrons. The van der Waals surface area contributed by atoms with Crippen LogP contribution < -0.4 is 5.32 Å². The standard InChI is InChI=1S/C12H16N2O2S/c1-16-8-10(15)7-13-5-9-4-12-11(14-6-9)2-3-17-12/h2-4,6,10,13,15H,5,7-8H2,1H3. The van der Waals surface area contributed by atoms with Gasteiger partial charge in [-0.25, -0.2) is 0 Å². The van der Waals surface area contributed by atoms with Crippen LogP contribution in [0, 0.1) is 0 Å².